The van der Waals surface area contributed by atoms with Crippen LogP contribution in [0.4, 0.5) is 5.13 Å². The fraction of sp³-hybridized carbons (Fsp3) is 0.312. The number of rotatable bonds is 5. The third kappa shape index (κ3) is 3.83. The maximum absolute atomic E-state index is 12.2. The van der Waals surface area contributed by atoms with Crippen LogP contribution in [-0.2, 0) is 16.0 Å². The van der Waals surface area contributed by atoms with E-state index in [1.54, 1.807) is 18.7 Å². The normalized spacial score (nSPS) is 15.8. The summed E-state index contributed by atoms with van der Waals surface area (Å²) in [5.74, 6) is 0.625. The molecule has 1 unspecified atom stereocenters. The molecule has 2 aromatic rings. The molecule has 0 saturated carbocycles. The molecule has 0 radical (unpaired) electrons. The molecule has 0 bridgehead atoms. The van der Waals surface area contributed by atoms with Gasteiger partial charge in [-0.15, -0.1) is 11.3 Å². The number of fused-ring (bicyclic) bond motifs is 1. The highest BCUT2D eigenvalue weighted by atomic mass is 32.1. The molecule has 1 aliphatic rings. The van der Waals surface area contributed by atoms with Gasteiger partial charge in [0.15, 0.2) is 5.13 Å². The van der Waals surface area contributed by atoms with Crippen LogP contribution >= 0.6 is 11.3 Å². The van der Waals surface area contributed by atoms with Crippen LogP contribution in [0.15, 0.2) is 29.8 Å². The van der Waals surface area contributed by atoms with Gasteiger partial charge in [-0.2, -0.15) is 0 Å². The quantitative estimate of drug-likeness (QED) is 0.855. The summed E-state index contributed by atoms with van der Waals surface area (Å²) in [7, 11) is 1.59. The lowest BCUT2D eigenvalue weighted by atomic mass is 9.96. The summed E-state index contributed by atoms with van der Waals surface area (Å²) < 4.78 is 10.8. The van der Waals surface area contributed by atoms with Crippen molar-refractivity contribution in [3.63, 3.8) is 0 Å². The average molecular weight is 347 g/mol. The summed E-state index contributed by atoms with van der Waals surface area (Å²) in [6, 6.07) is 5.54. The van der Waals surface area contributed by atoms with Crippen molar-refractivity contribution in [1.82, 2.24) is 10.3 Å². The van der Waals surface area contributed by atoms with Crippen LogP contribution in [0.2, 0.25) is 0 Å². The summed E-state index contributed by atoms with van der Waals surface area (Å²) in [5.41, 5.74) is 0.953. The Kier molecular flexibility index (Phi) is 4.95. The van der Waals surface area contributed by atoms with Crippen molar-refractivity contribution in [1.29, 1.82) is 0 Å². The summed E-state index contributed by atoms with van der Waals surface area (Å²) in [5, 5.41) is 7.53. The molecular weight excluding hydrogens is 330 g/mol. The van der Waals surface area contributed by atoms with Gasteiger partial charge in [0.05, 0.1) is 19.6 Å². The van der Waals surface area contributed by atoms with Crippen molar-refractivity contribution >= 4 is 28.3 Å². The Hall–Kier alpha value is -2.61. The molecular formula is C16H17N3O4S. The number of carbonyl (C=O) groups excluding carboxylic acids is 2. The van der Waals surface area contributed by atoms with Crippen LogP contribution in [0.1, 0.15) is 5.56 Å². The van der Waals surface area contributed by atoms with Gasteiger partial charge in [-0.3, -0.25) is 9.59 Å². The highest BCUT2D eigenvalue weighted by molar-refractivity contribution is 7.13. The smallest absolute Gasteiger partial charge is 0.245 e. The van der Waals surface area contributed by atoms with Crippen LogP contribution in [0.3, 0.4) is 0 Å². The predicted octanol–water partition coefficient (Wildman–Crippen LogP) is 1.46. The zero-order chi connectivity index (χ0) is 16.9. The number of amides is 2. The Bertz CT molecular complexity index is 733. The minimum Gasteiger partial charge on any atom is -0.497 e. The van der Waals surface area contributed by atoms with Crippen LogP contribution in [0.25, 0.3) is 0 Å². The number of benzene rings is 1. The molecule has 2 amide bonds. The van der Waals surface area contributed by atoms with E-state index in [-0.39, 0.29) is 30.9 Å². The van der Waals surface area contributed by atoms with Gasteiger partial charge in [-0.25, -0.2) is 4.98 Å². The van der Waals surface area contributed by atoms with Crippen LogP contribution in [0, 0.1) is 5.92 Å². The Morgan fingerprint density at radius 2 is 2.33 bits per heavy atom. The lowest BCUT2D eigenvalue weighted by Gasteiger charge is -2.24. The van der Waals surface area contributed by atoms with Crippen LogP contribution < -0.4 is 20.1 Å². The molecule has 126 valence electrons. The molecule has 0 saturated heterocycles. The number of carbonyl (C=O) groups is 2. The van der Waals surface area contributed by atoms with Gasteiger partial charge in [0.25, 0.3) is 0 Å². The number of nitrogens with zero attached hydrogens (tertiary/aromatic N) is 1. The highest BCUT2D eigenvalue weighted by Crippen LogP contribution is 2.31. The molecule has 1 aromatic heterocycles. The molecule has 2 N–H and O–H groups in total. The third-order valence-corrected chi connectivity index (χ3v) is 4.34. The maximum Gasteiger partial charge on any atom is 0.245 e. The van der Waals surface area contributed by atoms with Gasteiger partial charge in [0.1, 0.15) is 18.1 Å². The molecule has 1 aliphatic heterocycles. The van der Waals surface area contributed by atoms with Crippen LogP contribution in [0.5, 0.6) is 11.5 Å². The van der Waals surface area contributed by atoms with Crippen molar-refractivity contribution in [2.75, 3.05) is 25.6 Å². The van der Waals surface area contributed by atoms with Gasteiger partial charge >= 0.3 is 0 Å². The van der Waals surface area contributed by atoms with Gasteiger partial charge in [-0.05, 0) is 18.1 Å². The molecule has 7 nitrogen and oxygen atoms in total. The molecule has 1 aromatic carbocycles. The monoisotopic (exact) mass is 347 g/mol. The number of hydrogen-bond donors (Lipinski definition) is 2. The zero-order valence-corrected chi connectivity index (χ0v) is 13.9. The maximum atomic E-state index is 12.2. The molecule has 1 atom stereocenters. The van der Waals surface area contributed by atoms with E-state index in [0.717, 1.165) is 17.1 Å². The van der Waals surface area contributed by atoms with Crippen molar-refractivity contribution in [3.8, 4) is 11.5 Å². The van der Waals surface area contributed by atoms with Gasteiger partial charge < -0.3 is 20.1 Å². The predicted molar refractivity (Wildman–Crippen MR) is 89.4 cm³/mol. The van der Waals surface area contributed by atoms with Gasteiger partial charge in [0.2, 0.25) is 11.8 Å². The average Bonchev–Trinajstić information content (AvgIpc) is 3.11. The first-order chi connectivity index (χ1) is 11.7. The lowest BCUT2D eigenvalue weighted by Crippen LogP contribution is -2.40. The van der Waals surface area contributed by atoms with E-state index in [0.29, 0.717) is 11.6 Å². The minimum absolute atomic E-state index is 0.0929. The van der Waals surface area contributed by atoms with E-state index in [1.165, 1.54) is 11.3 Å². The largest absolute Gasteiger partial charge is 0.497 e. The SMILES string of the molecule is COc1ccc2c(c1)OCC(C(=O)NCC(=O)Nc1nccs1)C2. The number of anilines is 1. The van der Waals surface area contributed by atoms with Crippen molar-refractivity contribution in [2.45, 2.75) is 6.42 Å². The number of thiazole rings is 1. The summed E-state index contributed by atoms with van der Waals surface area (Å²) in [6.07, 6.45) is 2.17. The molecule has 0 spiro atoms. The Morgan fingerprint density at radius 1 is 1.46 bits per heavy atom. The second kappa shape index (κ2) is 7.31. The number of nitrogens with one attached hydrogen (secondary N) is 2. The summed E-state index contributed by atoms with van der Waals surface area (Å²) in [4.78, 5) is 27.9. The topological polar surface area (TPSA) is 89.5 Å². The summed E-state index contributed by atoms with van der Waals surface area (Å²) >= 11 is 1.32. The molecule has 2 heterocycles. The molecule has 8 heteroatoms. The Morgan fingerprint density at radius 3 is 3.08 bits per heavy atom. The molecule has 3 rings (SSSR count). The van der Waals surface area contributed by atoms with E-state index in [9.17, 15) is 9.59 Å². The first-order valence-electron chi connectivity index (χ1n) is 7.42. The fourth-order valence-corrected chi connectivity index (χ4v) is 2.95. The zero-order valence-electron chi connectivity index (χ0n) is 13.1. The first kappa shape index (κ1) is 16.3. The Labute approximate surface area is 143 Å². The van der Waals surface area contributed by atoms with Crippen molar-refractivity contribution in [2.24, 2.45) is 5.92 Å². The van der Waals surface area contributed by atoms with E-state index >= 15 is 0 Å². The van der Waals surface area contributed by atoms with Gasteiger partial charge in [-0.1, -0.05) is 6.07 Å². The van der Waals surface area contributed by atoms with E-state index in [1.807, 2.05) is 18.2 Å². The number of ether oxygens (including phenoxy) is 2. The van der Waals surface area contributed by atoms with Crippen LogP contribution in [-0.4, -0.2) is 37.1 Å². The van der Waals surface area contributed by atoms with Gasteiger partial charge in [0, 0.05) is 17.6 Å². The standard InChI is InChI=1S/C16H17N3O4S/c1-22-12-3-2-10-6-11(9-23-13(10)7-12)15(21)18-8-14(20)19-16-17-4-5-24-16/h2-5,7,11H,6,8-9H2,1H3,(H,18,21)(H,17,19,20). The van der Waals surface area contributed by atoms with Crippen molar-refractivity contribution < 1.29 is 19.1 Å². The fourth-order valence-electron chi connectivity index (χ4n) is 2.41. The second-order valence-electron chi connectivity index (χ2n) is 5.29. The number of methoxy groups -OCH3 is 1. The molecule has 0 fully saturated rings. The van der Waals surface area contributed by atoms with Crippen molar-refractivity contribution in [3.05, 3.63) is 35.3 Å². The van der Waals surface area contributed by atoms with E-state index < -0.39 is 0 Å². The lowest BCUT2D eigenvalue weighted by molar-refractivity contribution is -0.128. The van der Waals surface area contributed by atoms with E-state index in [2.05, 4.69) is 15.6 Å². The molecule has 0 aliphatic carbocycles. The number of hydrogen-bond acceptors (Lipinski definition) is 6. The first-order valence-corrected chi connectivity index (χ1v) is 8.30. The highest BCUT2D eigenvalue weighted by Gasteiger charge is 2.26. The third-order valence-electron chi connectivity index (χ3n) is 3.65. The Balaban J connectivity index is 1.51. The van der Waals surface area contributed by atoms with E-state index in [4.69, 9.17) is 9.47 Å². The number of aromatic nitrogens is 1. The minimum atomic E-state index is -0.321. The second-order valence-corrected chi connectivity index (χ2v) is 6.18. The molecule has 24 heavy (non-hydrogen) atoms. The summed E-state index contributed by atoms with van der Waals surface area (Å²) in [6.45, 7) is 0.185.